The molecule has 1 aliphatic carbocycles. The van der Waals surface area contributed by atoms with Crippen LogP contribution in [0.25, 0.3) is 22.2 Å². The zero-order valence-electron chi connectivity index (χ0n) is 22.3. The minimum absolute atomic E-state index is 0.129. The second-order valence-corrected chi connectivity index (χ2v) is 9.80. The molecule has 4 heterocycles. The van der Waals surface area contributed by atoms with Crippen LogP contribution in [0.1, 0.15) is 44.2 Å². The van der Waals surface area contributed by atoms with Gasteiger partial charge in [0.05, 0.1) is 23.3 Å². The monoisotopic (exact) mass is 590 g/mol. The van der Waals surface area contributed by atoms with Crippen molar-refractivity contribution in [2.24, 2.45) is 5.73 Å². The molecule has 222 valence electrons. The molecule has 16 heteroatoms. The largest absolute Gasteiger partial charge is 0.472 e. The van der Waals surface area contributed by atoms with E-state index >= 15 is 0 Å². The molecule has 2 amide bonds. The van der Waals surface area contributed by atoms with Crippen LogP contribution in [-0.2, 0) is 17.5 Å². The lowest BCUT2D eigenvalue weighted by atomic mass is 9.93. The summed E-state index contributed by atoms with van der Waals surface area (Å²) in [6.45, 7) is 1.72. The van der Waals surface area contributed by atoms with Gasteiger partial charge in [0.15, 0.2) is 5.82 Å². The van der Waals surface area contributed by atoms with E-state index < -0.39 is 41.5 Å². The molecular weight excluding hydrogens is 564 g/mol. The summed E-state index contributed by atoms with van der Waals surface area (Å²) in [5.74, 6) is -2.61. The average Bonchev–Trinajstić information content (AvgIpc) is 3.54. The first-order valence-corrected chi connectivity index (χ1v) is 13.0. The van der Waals surface area contributed by atoms with Gasteiger partial charge in [-0.2, -0.15) is 23.4 Å². The summed E-state index contributed by atoms with van der Waals surface area (Å²) in [4.78, 5) is 32.2. The van der Waals surface area contributed by atoms with E-state index in [-0.39, 0.29) is 24.9 Å². The van der Waals surface area contributed by atoms with Gasteiger partial charge in [0.25, 0.3) is 5.88 Å². The van der Waals surface area contributed by atoms with Crippen LogP contribution in [-0.4, -0.2) is 59.3 Å². The third-order valence-electron chi connectivity index (χ3n) is 7.06. The Balaban J connectivity index is 1.44. The lowest BCUT2D eigenvalue weighted by Crippen LogP contribution is -2.29. The number of carboxylic acid groups (broad SMARTS) is 1. The highest BCUT2D eigenvalue weighted by molar-refractivity contribution is 5.95. The fourth-order valence-corrected chi connectivity index (χ4v) is 5.08. The minimum atomic E-state index is -4.88. The third-order valence-corrected chi connectivity index (χ3v) is 7.06. The number of primary amides is 1. The van der Waals surface area contributed by atoms with E-state index in [9.17, 15) is 32.3 Å². The zero-order chi connectivity index (χ0) is 30.2. The minimum Gasteiger partial charge on any atom is -0.472 e. The molecule has 4 aromatic heterocycles. The van der Waals surface area contributed by atoms with Gasteiger partial charge in [-0.3, -0.25) is 19.1 Å². The summed E-state index contributed by atoms with van der Waals surface area (Å²) < 4.78 is 62.4. The standard InChI is InChI=1S/C26H26F4N8O4/c1-2-37(25(40)41)21-9-19-17(11-33-21)23(14-10-34-36(12-14)13-20(31)39)35-38(19)15-3-5-16(6-4-15)42-24-22(27)18(7-8-32-24)26(28,29)30/h7-12,15-16H,2-6,13H2,1H3,(H2,31,39)(H,40,41)/t15-,16+. The van der Waals surface area contributed by atoms with E-state index in [2.05, 4.69) is 15.1 Å². The van der Waals surface area contributed by atoms with E-state index in [0.717, 1.165) is 11.1 Å². The molecule has 42 heavy (non-hydrogen) atoms. The second kappa shape index (κ2) is 11.3. The van der Waals surface area contributed by atoms with Crippen molar-refractivity contribution in [3.8, 4) is 17.1 Å². The van der Waals surface area contributed by atoms with Gasteiger partial charge in [-0.15, -0.1) is 0 Å². The number of nitrogens with two attached hydrogens (primary N) is 1. The molecular formula is C26H26F4N8O4. The summed E-state index contributed by atoms with van der Waals surface area (Å²) in [5.41, 5.74) is 5.53. The van der Waals surface area contributed by atoms with Crippen molar-refractivity contribution >= 4 is 28.7 Å². The first kappa shape index (κ1) is 28.8. The van der Waals surface area contributed by atoms with Gasteiger partial charge in [0.2, 0.25) is 5.91 Å². The molecule has 1 fully saturated rings. The predicted octanol–water partition coefficient (Wildman–Crippen LogP) is 4.40. The highest BCUT2D eigenvalue weighted by Crippen LogP contribution is 2.38. The van der Waals surface area contributed by atoms with Crippen LogP contribution in [0, 0.1) is 5.82 Å². The van der Waals surface area contributed by atoms with Gasteiger partial charge in [0, 0.05) is 42.2 Å². The topological polar surface area (TPSA) is 154 Å². The Morgan fingerprint density at radius 2 is 1.93 bits per heavy atom. The molecule has 0 aliphatic heterocycles. The average molecular weight is 591 g/mol. The summed E-state index contributed by atoms with van der Waals surface area (Å²) in [5, 5.41) is 19.2. The SMILES string of the molecule is CCN(C(=O)O)c1cc2c(cn1)c(-c1cnn(CC(N)=O)c1)nn2[C@H]1CC[C@@H](Oc2nccc(C(F)(F)F)c2F)CC1. The van der Waals surface area contributed by atoms with Crippen LogP contribution in [0.4, 0.5) is 28.2 Å². The zero-order valence-corrected chi connectivity index (χ0v) is 22.3. The number of alkyl halides is 3. The molecule has 0 unspecified atom stereocenters. The second-order valence-electron chi connectivity index (χ2n) is 9.80. The Morgan fingerprint density at radius 3 is 2.57 bits per heavy atom. The molecule has 3 N–H and O–H groups in total. The highest BCUT2D eigenvalue weighted by atomic mass is 19.4. The molecule has 0 atom stereocenters. The quantitative estimate of drug-likeness (QED) is 0.286. The molecule has 4 aromatic rings. The lowest BCUT2D eigenvalue weighted by Gasteiger charge is -2.29. The van der Waals surface area contributed by atoms with Crippen LogP contribution < -0.4 is 15.4 Å². The van der Waals surface area contributed by atoms with Crippen molar-refractivity contribution in [3.05, 3.63) is 48.3 Å². The van der Waals surface area contributed by atoms with Gasteiger partial charge in [-0.05, 0) is 38.7 Å². The molecule has 0 aromatic carbocycles. The molecule has 0 spiro atoms. The summed E-state index contributed by atoms with van der Waals surface area (Å²) in [6, 6.07) is 1.99. The number of carbonyl (C=O) groups excluding carboxylic acids is 1. The van der Waals surface area contributed by atoms with Crippen LogP contribution in [0.5, 0.6) is 5.88 Å². The maximum Gasteiger partial charge on any atom is 0.419 e. The Morgan fingerprint density at radius 1 is 1.19 bits per heavy atom. The fraction of sp³-hybridized carbons (Fsp3) is 0.385. The van der Waals surface area contributed by atoms with Crippen LogP contribution >= 0.6 is 0 Å². The maximum atomic E-state index is 14.5. The number of fused-ring (bicyclic) bond motifs is 1. The fourth-order valence-electron chi connectivity index (χ4n) is 5.08. The first-order valence-electron chi connectivity index (χ1n) is 13.0. The van der Waals surface area contributed by atoms with E-state index in [1.165, 1.54) is 17.1 Å². The number of amides is 2. The molecule has 1 aliphatic rings. The van der Waals surface area contributed by atoms with E-state index in [0.29, 0.717) is 53.9 Å². The van der Waals surface area contributed by atoms with Crippen LogP contribution in [0.2, 0.25) is 0 Å². The van der Waals surface area contributed by atoms with Crippen LogP contribution in [0.15, 0.2) is 36.9 Å². The van der Waals surface area contributed by atoms with Crippen molar-refractivity contribution < 1.29 is 37.0 Å². The number of hydrogen-bond acceptors (Lipinski definition) is 7. The van der Waals surface area contributed by atoms with Crippen molar-refractivity contribution in [1.82, 2.24) is 29.5 Å². The van der Waals surface area contributed by atoms with Gasteiger partial charge < -0.3 is 15.6 Å². The van der Waals surface area contributed by atoms with Gasteiger partial charge in [-0.1, -0.05) is 0 Å². The number of hydrogen-bond donors (Lipinski definition) is 2. The molecule has 0 saturated heterocycles. The molecule has 12 nitrogen and oxygen atoms in total. The number of carbonyl (C=O) groups is 2. The van der Waals surface area contributed by atoms with Crippen molar-refractivity contribution in [3.63, 3.8) is 0 Å². The first-order chi connectivity index (χ1) is 20.0. The smallest absolute Gasteiger partial charge is 0.419 e. The van der Waals surface area contributed by atoms with Gasteiger partial charge in [0.1, 0.15) is 24.2 Å². The van der Waals surface area contributed by atoms with Crippen molar-refractivity contribution in [2.45, 2.75) is 57.5 Å². The Labute approximate surface area is 235 Å². The molecule has 1 saturated carbocycles. The number of aromatic nitrogens is 6. The highest BCUT2D eigenvalue weighted by Gasteiger charge is 2.36. The number of pyridine rings is 2. The van der Waals surface area contributed by atoms with Gasteiger partial charge in [-0.25, -0.2) is 19.2 Å². The summed E-state index contributed by atoms with van der Waals surface area (Å²) in [6.07, 6.45) is 0.632. The van der Waals surface area contributed by atoms with Crippen molar-refractivity contribution in [2.75, 3.05) is 11.4 Å². The third kappa shape index (κ3) is 5.69. The Hall–Kier alpha value is -4.76. The normalized spacial score (nSPS) is 17.4. The Kier molecular flexibility index (Phi) is 7.71. The lowest BCUT2D eigenvalue weighted by molar-refractivity contribution is -0.140. The number of rotatable bonds is 8. The summed E-state index contributed by atoms with van der Waals surface area (Å²) >= 11 is 0. The number of ether oxygens (including phenoxy) is 1. The number of anilines is 1. The van der Waals surface area contributed by atoms with E-state index in [1.807, 2.05) is 0 Å². The molecule has 0 bridgehead atoms. The maximum absolute atomic E-state index is 14.5. The number of halogens is 4. The summed E-state index contributed by atoms with van der Waals surface area (Å²) in [7, 11) is 0. The predicted molar refractivity (Wildman–Crippen MR) is 140 cm³/mol. The molecule has 5 rings (SSSR count). The number of nitrogens with zero attached hydrogens (tertiary/aromatic N) is 7. The molecule has 0 radical (unpaired) electrons. The van der Waals surface area contributed by atoms with Crippen molar-refractivity contribution in [1.29, 1.82) is 0 Å². The van der Waals surface area contributed by atoms with E-state index in [4.69, 9.17) is 15.6 Å². The van der Waals surface area contributed by atoms with Gasteiger partial charge >= 0.3 is 12.3 Å². The van der Waals surface area contributed by atoms with Crippen LogP contribution in [0.3, 0.4) is 0 Å². The Bertz CT molecular complexity index is 1630. The van der Waals surface area contributed by atoms with E-state index in [1.54, 1.807) is 23.9 Å².